The second-order valence-corrected chi connectivity index (χ2v) is 10.0. The van der Waals surface area contributed by atoms with Crippen LogP contribution in [0.25, 0.3) is 0 Å². The maximum atomic E-state index is 12.7. The van der Waals surface area contributed by atoms with Crippen molar-refractivity contribution in [1.82, 2.24) is 24.7 Å². The molecule has 11 nitrogen and oxygen atoms in total. The average molecular weight is 511 g/mol. The van der Waals surface area contributed by atoms with Crippen LogP contribution in [0.5, 0.6) is 6.01 Å². The van der Waals surface area contributed by atoms with Crippen LogP contribution in [0.15, 0.2) is 30.3 Å². The van der Waals surface area contributed by atoms with Crippen molar-refractivity contribution >= 4 is 18.0 Å². The molecule has 4 heterocycles. The van der Waals surface area contributed by atoms with Crippen molar-refractivity contribution in [2.75, 3.05) is 44.7 Å². The zero-order valence-electron chi connectivity index (χ0n) is 21.4. The summed E-state index contributed by atoms with van der Waals surface area (Å²) in [6.07, 6.45) is 0.882. The van der Waals surface area contributed by atoms with Gasteiger partial charge >= 0.3 is 18.2 Å². The Labute approximate surface area is 216 Å². The number of likely N-dealkylation sites (tertiary alicyclic amines) is 1. The number of carbonyl (C=O) groups excluding carboxylic acids is 1. The van der Waals surface area contributed by atoms with Crippen molar-refractivity contribution < 1.29 is 24.2 Å². The zero-order valence-corrected chi connectivity index (χ0v) is 21.4. The molecular weight excluding hydrogens is 476 g/mol. The van der Waals surface area contributed by atoms with Gasteiger partial charge in [-0.3, -0.25) is 4.90 Å². The number of benzene rings is 1. The summed E-state index contributed by atoms with van der Waals surface area (Å²) < 4.78 is 11.6. The third kappa shape index (κ3) is 5.56. The minimum atomic E-state index is -0.988. The molecule has 2 aromatic rings. The Kier molecular flexibility index (Phi) is 7.31. The van der Waals surface area contributed by atoms with Crippen LogP contribution in [0.3, 0.4) is 0 Å². The summed E-state index contributed by atoms with van der Waals surface area (Å²) in [6, 6.07) is 10.2. The van der Waals surface area contributed by atoms with Crippen LogP contribution in [0.1, 0.15) is 36.6 Å². The number of amides is 2. The standard InChI is InChI=1S/C26H34N6O5/c1-18-13-30(26(35)37-16-19-7-4-3-5-8-19)11-12-32(18)23-21-14-31(25(33)34)15-22(21)27-24(28-23)36-17-20-9-6-10-29(20)2/h3-5,7-8,18,20H,6,9-17H2,1-2H3,(H,33,34). The van der Waals surface area contributed by atoms with Crippen LogP contribution in [0.2, 0.25) is 0 Å². The fraction of sp³-hybridized carbons (Fsp3) is 0.538. The third-order valence-electron chi connectivity index (χ3n) is 7.45. The molecule has 37 heavy (non-hydrogen) atoms. The van der Waals surface area contributed by atoms with Crippen molar-refractivity contribution in [3.05, 3.63) is 47.2 Å². The van der Waals surface area contributed by atoms with E-state index in [0.29, 0.717) is 43.8 Å². The summed E-state index contributed by atoms with van der Waals surface area (Å²) >= 11 is 0. The van der Waals surface area contributed by atoms with Crippen molar-refractivity contribution in [2.24, 2.45) is 0 Å². The van der Waals surface area contributed by atoms with E-state index in [2.05, 4.69) is 21.8 Å². The van der Waals surface area contributed by atoms with E-state index >= 15 is 0 Å². The fourth-order valence-electron chi connectivity index (χ4n) is 5.26. The van der Waals surface area contributed by atoms with Crippen molar-refractivity contribution in [3.63, 3.8) is 0 Å². The number of carbonyl (C=O) groups is 2. The van der Waals surface area contributed by atoms with E-state index in [-0.39, 0.29) is 37.8 Å². The summed E-state index contributed by atoms with van der Waals surface area (Å²) in [5.74, 6) is 0.688. The van der Waals surface area contributed by atoms with Crippen molar-refractivity contribution in [2.45, 2.75) is 51.5 Å². The highest BCUT2D eigenvalue weighted by molar-refractivity contribution is 5.69. The van der Waals surface area contributed by atoms with Gasteiger partial charge in [-0.05, 0) is 38.9 Å². The van der Waals surface area contributed by atoms with Gasteiger partial charge in [0.1, 0.15) is 19.0 Å². The van der Waals surface area contributed by atoms with Gasteiger partial charge in [-0.15, -0.1) is 0 Å². The van der Waals surface area contributed by atoms with Crippen LogP contribution >= 0.6 is 0 Å². The molecule has 1 N–H and O–H groups in total. The number of piperazine rings is 1. The molecule has 2 atom stereocenters. The first-order chi connectivity index (χ1) is 17.9. The van der Waals surface area contributed by atoms with Gasteiger partial charge in [0, 0.05) is 37.3 Å². The quantitative estimate of drug-likeness (QED) is 0.627. The number of anilines is 1. The van der Waals surface area contributed by atoms with Gasteiger partial charge in [-0.1, -0.05) is 30.3 Å². The third-order valence-corrected chi connectivity index (χ3v) is 7.45. The van der Waals surface area contributed by atoms with Crippen LogP contribution < -0.4 is 9.64 Å². The van der Waals surface area contributed by atoms with E-state index in [1.807, 2.05) is 37.3 Å². The minimum Gasteiger partial charge on any atom is -0.465 e. The number of likely N-dealkylation sites (N-methyl/N-ethyl adjacent to an activating group) is 1. The Hall–Kier alpha value is -3.60. The number of hydrogen-bond acceptors (Lipinski definition) is 8. The van der Waals surface area contributed by atoms with Gasteiger partial charge in [0.2, 0.25) is 0 Å². The van der Waals surface area contributed by atoms with E-state index in [4.69, 9.17) is 14.5 Å². The van der Waals surface area contributed by atoms with Crippen LogP contribution in [-0.2, 0) is 24.4 Å². The molecule has 0 radical (unpaired) electrons. The highest BCUT2D eigenvalue weighted by Gasteiger charge is 2.35. The number of nitrogens with zero attached hydrogens (tertiary/aromatic N) is 6. The lowest BCUT2D eigenvalue weighted by molar-refractivity contribution is 0.0897. The number of aromatic nitrogens is 2. The SMILES string of the molecule is CC1CN(C(=O)OCc2ccccc2)CCN1c1nc(OCC2CCCN2C)nc2c1CN(C(=O)O)C2. The lowest BCUT2D eigenvalue weighted by Gasteiger charge is -2.40. The molecule has 2 unspecified atom stereocenters. The Bertz CT molecular complexity index is 1130. The summed E-state index contributed by atoms with van der Waals surface area (Å²) in [7, 11) is 2.09. The summed E-state index contributed by atoms with van der Waals surface area (Å²) in [5.41, 5.74) is 2.43. The first-order valence-electron chi connectivity index (χ1n) is 12.8. The molecule has 2 saturated heterocycles. The molecule has 5 rings (SSSR count). The van der Waals surface area contributed by atoms with Crippen molar-refractivity contribution in [3.8, 4) is 6.01 Å². The Balaban J connectivity index is 1.29. The Morgan fingerprint density at radius 3 is 2.59 bits per heavy atom. The first-order valence-corrected chi connectivity index (χ1v) is 12.8. The summed E-state index contributed by atoms with van der Waals surface area (Å²) in [5, 5.41) is 9.58. The largest absolute Gasteiger partial charge is 0.465 e. The predicted octanol–water partition coefficient (Wildman–Crippen LogP) is 2.79. The van der Waals surface area contributed by atoms with Gasteiger partial charge in [0.25, 0.3) is 0 Å². The van der Waals surface area contributed by atoms with E-state index < -0.39 is 6.09 Å². The number of hydrogen-bond donors (Lipinski definition) is 1. The maximum Gasteiger partial charge on any atom is 0.410 e. The van der Waals surface area contributed by atoms with Crippen LogP contribution in [0, 0.1) is 0 Å². The molecule has 1 aromatic heterocycles. The average Bonchev–Trinajstić information content (AvgIpc) is 3.52. The summed E-state index contributed by atoms with van der Waals surface area (Å²) in [4.78, 5) is 41.2. The monoisotopic (exact) mass is 510 g/mol. The molecule has 0 spiro atoms. The fourth-order valence-corrected chi connectivity index (χ4v) is 5.26. The molecule has 11 heteroatoms. The molecule has 0 bridgehead atoms. The highest BCUT2D eigenvalue weighted by atomic mass is 16.6. The smallest absolute Gasteiger partial charge is 0.410 e. The van der Waals surface area contributed by atoms with E-state index in [1.54, 1.807) is 4.90 Å². The molecule has 2 amide bonds. The van der Waals surface area contributed by atoms with E-state index in [1.165, 1.54) is 4.90 Å². The van der Waals surface area contributed by atoms with Gasteiger partial charge in [-0.2, -0.15) is 9.97 Å². The lowest BCUT2D eigenvalue weighted by Crippen LogP contribution is -2.54. The number of fused-ring (bicyclic) bond motifs is 1. The molecular formula is C26H34N6O5. The molecule has 0 saturated carbocycles. The highest BCUT2D eigenvalue weighted by Crippen LogP contribution is 2.33. The second-order valence-electron chi connectivity index (χ2n) is 10.0. The van der Waals surface area contributed by atoms with Crippen molar-refractivity contribution in [1.29, 1.82) is 0 Å². The lowest BCUT2D eigenvalue weighted by atomic mass is 10.1. The molecule has 198 valence electrons. The Morgan fingerprint density at radius 1 is 1.08 bits per heavy atom. The molecule has 3 aliphatic heterocycles. The second kappa shape index (κ2) is 10.8. The van der Waals surface area contributed by atoms with E-state index in [0.717, 1.165) is 30.5 Å². The molecule has 3 aliphatic rings. The van der Waals surface area contributed by atoms with E-state index in [9.17, 15) is 14.7 Å². The number of rotatable bonds is 6. The zero-order chi connectivity index (χ0) is 25.9. The van der Waals surface area contributed by atoms with Crippen LogP contribution in [0.4, 0.5) is 15.4 Å². The van der Waals surface area contributed by atoms with Crippen LogP contribution in [-0.4, -0.2) is 93.9 Å². The molecule has 0 aliphatic carbocycles. The number of ether oxygens (including phenoxy) is 2. The Morgan fingerprint density at radius 2 is 1.89 bits per heavy atom. The van der Waals surface area contributed by atoms with Gasteiger partial charge < -0.3 is 29.3 Å². The van der Waals surface area contributed by atoms with Gasteiger partial charge in [0.15, 0.2) is 0 Å². The molecule has 1 aromatic carbocycles. The normalized spacial score (nSPS) is 21.7. The summed E-state index contributed by atoms with van der Waals surface area (Å²) in [6.45, 7) is 5.74. The maximum absolute atomic E-state index is 12.7. The topological polar surface area (TPSA) is 112 Å². The van der Waals surface area contributed by atoms with Gasteiger partial charge in [-0.25, -0.2) is 9.59 Å². The predicted molar refractivity (Wildman–Crippen MR) is 135 cm³/mol. The first kappa shape index (κ1) is 25.1. The van der Waals surface area contributed by atoms with Gasteiger partial charge in [0.05, 0.1) is 18.8 Å². The molecule has 2 fully saturated rings. The minimum absolute atomic E-state index is 0.0512. The number of carboxylic acid groups (broad SMARTS) is 1.